The molecule has 0 saturated heterocycles. The number of anilines is 1. The normalized spacial score (nSPS) is 14.7. The number of hydrogen-bond donors (Lipinski definition) is 2. The molecule has 3 N–H and O–H groups in total. The lowest BCUT2D eigenvalue weighted by atomic mass is 10.1. The second-order valence-electron chi connectivity index (χ2n) is 3.88. The Labute approximate surface area is 90.7 Å². The third-order valence-electron chi connectivity index (χ3n) is 2.58. The number of pyridine rings is 1. The lowest BCUT2D eigenvalue weighted by Crippen LogP contribution is -2.32. The largest absolute Gasteiger partial charge is 0.394 e. The maximum Gasteiger partial charge on any atom is 0.128 e. The number of likely N-dealkylation sites (N-methyl/N-ethyl adjacent to an activating group) is 1. The molecule has 1 aromatic rings. The number of hydrogen-bond acceptors (Lipinski definition) is 4. The third kappa shape index (κ3) is 2.91. The van der Waals surface area contributed by atoms with Crippen LogP contribution in [0.15, 0.2) is 18.3 Å². The van der Waals surface area contributed by atoms with Crippen molar-refractivity contribution < 1.29 is 5.11 Å². The molecule has 0 bridgehead atoms. The molecule has 0 aromatic carbocycles. The van der Waals surface area contributed by atoms with Gasteiger partial charge in [-0.3, -0.25) is 0 Å². The Kier molecular flexibility index (Phi) is 4.05. The molecule has 0 spiro atoms. The first-order chi connectivity index (χ1) is 7.06. The molecule has 0 aliphatic rings. The summed E-state index contributed by atoms with van der Waals surface area (Å²) in [6, 6.07) is 3.92. The van der Waals surface area contributed by atoms with Crippen LogP contribution in [0.1, 0.15) is 25.5 Å². The maximum absolute atomic E-state index is 9.05. The van der Waals surface area contributed by atoms with E-state index in [1.807, 2.05) is 37.9 Å². The summed E-state index contributed by atoms with van der Waals surface area (Å²) < 4.78 is 0. The lowest BCUT2D eigenvalue weighted by molar-refractivity contribution is 0.270. The van der Waals surface area contributed by atoms with Gasteiger partial charge < -0.3 is 15.7 Å². The van der Waals surface area contributed by atoms with Crippen LogP contribution in [0.2, 0.25) is 0 Å². The van der Waals surface area contributed by atoms with Crippen molar-refractivity contribution in [3.05, 3.63) is 23.9 Å². The summed E-state index contributed by atoms with van der Waals surface area (Å²) in [6.45, 7) is 4.00. The van der Waals surface area contributed by atoms with E-state index in [9.17, 15) is 0 Å². The van der Waals surface area contributed by atoms with Crippen LogP contribution in [0, 0.1) is 0 Å². The van der Waals surface area contributed by atoms with E-state index in [1.54, 1.807) is 6.20 Å². The fraction of sp³-hybridized carbons (Fsp3) is 0.545. The van der Waals surface area contributed by atoms with E-state index in [0.717, 1.165) is 11.4 Å². The number of aliphatic hydroxyl groups is 1. The van der Waals surface area contributed by atoms with Crippen LogP contribution >= 0.6 is 0 Å². The molecule has 15 heavy (non-hydrogen) atoms. The van der Waals surface area contributed by atoms with Gasteiger partial charge in [-0.25, -0.2) is 4.98 Å². The van der Waals surface area contributed by atoms with Gasteiger partial charge in [0.2, 0.25) is 0 Å². The summed E-state index contributed by atoms with van der Waals surface area (Å²) in [7, 11) is 1.91. The van der Waals surface area contributed by atoms with Crippen molar-refractivity contribution in [1.29, 1.82) is 0 Å². The molecule has 0 aliphatic carbocycles. The van der Waals surface area contributed by atoms with Crippen molar-refractivity contribution in [2.75, 3.05) is 18.6 Å². The average molecular weight is 209 g/mol. The highest BCUT2D eigenvalue weighted by Gasteiger charge is 2.10. The topological polar surface area (TPSA) is 62.4 Å². The predicted octanol–water partition coefficient (Wildman–Crippen LogP) is 0.918. The van der Waals surface area contributed by atoms with E-state index < -0.39 is 0 Å². The Morgan fingerprint density at radius 3 is 2.73 bits per heavy atom. The molecule has 0 radical (unpaired) electrons. The maximum atomic E-state index is 9.05. The van der Waals surface area contributed by atoms with Crippen molar-refractivity contribution in [2.24, 2.45) is 5.73 Å². The first kappa shape index (κ1) is 11.9. The molecule has 84 valence electrons. The van der Waals surface area contributed by atoms with Crippen LogP contribution in [0.25, 0.3) is 0 Å². The quantitative estimate of drug-likeness (QED) is 0.774. The fourth-order valence-corrected chi connectivity index (χ4v) is 1.26. The molecule has 1 rings (SSSR count). The fourth-order valence-electron chi connectivity index (χ4n) is 1.26. The monoisotopic (exact) mass is 209 g/mol. The minimum Gasteiger partial charge on any atom is -0.394 e. The van der Waals surface area contributed by atoms with E-state index in [0.29, 0.717) is 0 Å². The molecule has 2 atom stereocenters. The molecule has 4 nitrogen and oxygen atoms in total. The van der Waals surface area contributed by atoms with Gasteiger partial charge in [0.25, 0.3) is 0 Å². The van der Waals surface area contributed by atoms with E-state index in [2.05, 4.69) is 4.98 Å². The number of nitrogens with two attached hydrogens (primary N) is 1. The van der Waals surface area contributed by atoms with Crippen LogP contribution < -0.4 is 10.6 Å². The Hall–Kier alpha value is -1.13. The van der Waals surface area contributed by atoms with Crippen LogP contribution in [-0.4, -0.2) is 29.8 Å². The highest BCUT2D eigenvalue weighted by Crippen LogP contribution is 2.17. The Balaban J connectivity index is 2.90. The first-order valence-corrected chi connectivity index (χ1v) is 5.11. The number of aliphatic hydroxyl groups excluding tert-OH is 1. The summed E-state index contributed by atoms with van der Waals surface area (Å²) in [5, 5.41) is 9.05. The van der Waals surface area contributed by atoms with E-state index in [1.165, 1.54) is 0 Å². The predicted molar refractivity (Wildman–Crippen MR) is 61.8 cm³/mol. The Morgan fingerprint density at radius 2 is 2.20 bits per heavy atom. The first-order valence-electron chi connectivity index (χ1n) is 5.11. The zero-order chi connectivity index (χ0) is 11.4. The van der Waals surface area contributed by atoms with Gasteiger partial charge in [0.15, 0.2) is 0 Å². The summed E-state index contributed by atoms with van der Waals surface area (Å²) in [5.74, 6) is 0.839. The van der Waals surface area contributed by atoms with E-state index in [4.69, 9.17) is 10.8 Å². The smallest absolute Gasteiger partial charge is 0.128 e. The van der Waals surface area contributed by atoms with Gasteiger partial charge in [0.1, 0.15) is 5.82 Å². The van der Waals surface area contributed by atoms with Gasteiger partial charge in [-0.2, -0.15) is 0 Å². The number of rotatable bonds is 4. The van der Waals surface area contributed by atoms with Gasteiger partial charge in [-0.1, -0.05) is 0 Å². The molecular weight excluding hydrogens is 190 g/mol. The highest BCUT2D eigenvalue weighted by atomic mass is 16.3. The SMILES string of the molecule is CC(CO)N(C)c1cc([C@H](C)N)ccn1. The van der Waals surface area contributed by atoms with Gasteiger partial charge in [-0.05, 0) is 31.5 Å². The van der Waals surface area contributed by atoms with Crippen LogP contribution in [-0.2, 0) is 0 Å². The van der Waals surface area contributed by atoms with Gasteiger partial charge in [-0.15, -0.1) is 0 Å². The Morgan fingerprint density at radius 1 is 1.53 bits per heavy atom. The molecule has 1 unspecified atom stereocenters. The van der Waals surface area contributed by atoms with Gasteiger partial charge in [0.05, 0.1) is 12.6 Å². The molecule has 0 saturated carbocycles. The summed E-state index contributed by atoms with van der Waals surface area (Å²) in [4.78, 5) is 6.19. The highest BCUT2D eigenvalue weighted by molar-refractivity contribution is 5.41. The van der Waals surface area contributed by atoms with Crippen LogP contribution in [0.4, 0.5) is 5.82 Å². The Bertz CT molecular complexity index is 314. The lowest BCUT2D eigenvalue weighted by Gasteiger charge is -2.24. The minimum atomic E-state index is 0.00424. The van der Waals surface area contributed by atoms with Crippen molar-refractivity contribution in [2.45, 2.75) is 25.9 Å². The van der Waals surface area contributed by atoms with Crippen LogP contribution in [0.3, 0.4) is 0 Å². The molecular formula is C11H19N3O. The second kappa shape index (κ2) is 5.09. The number of nitrogens with zero attached hydrogens (tertiary/aromatic N) is 2. The molecule has 0 aliphatic heterocycles. The molecule has 1 heterocycles. The molecule has 0 fully saturated rings. The second-order valence-corrected chi connectivity index (χ2v) is 3.88. The molecule has 0 amide bonds. The van der Waals surface area contributed by atoms with E-state index >= 15 is 0 Å². The van der Waals surface area contributed by atoms with Crippen LogP contribution in [0.5, 0.6) is 0 Å². The minimum absolute atomic E-state index is 0.00424. The summed E-state index contributed by atoms with van der Waals surface area (Å²) in [6.07, 6.45) is 1.74. The van der Waals surface area contributed by atoms with Gasteiger partial charge in [0, 0.05) is 19.3 Å². The zero-order valence-electron chi connectivity index (χ0n) is 9.51. The standard InChI is InChI=1S/C11H19N3O/c1-8(7-15)14(3)11-6-10(9(2)12)4-5-13-11/h4-6,8-9,15H,7,12H2,1-3H3/t8?,9-/m0/s1. The molecule has 1 aromatic heterocycles. The summed E-state index contributed by atoms with van der Waals surface area (Å²) >= 11 is 0. The average Bonchev–Trinajstić information content (AvgIpc) is 2.27. The van der Waals surface area contributed by atoms with Crippen molar-refractivity contribution >= 4 is 5.82 Å². The van der Waals surface area contributed by atoms with Crippen molar-refractivity contribution in [3.8, 4) is 0 Å². The van der Waals surface area contributed by atoms with E-state index in [-0.39, 0.29) is 18.7 Å². The zero-order valence-corrected chi connectivity index (χ0v) is 9.51. The van der Waals surface area contributed by atoms with Crippen molar-refractivity contribution in [3.63, 3.8) is 0 Å². The molecule has 4 heteroatoms. The third-order valence-corrected chi connectivity index (χ3v) is 2.58. The number of aromatic nitrogens is 1. The van der Waals surface area contributed by atoms with Crippen molar-refractivity contribution in [1.82, 2.24) is 4.98 Å². The summed E-state index contributed by atoms with van der Waals surface area (Å²) in [5.41, 5.74) is 6.85. The van der Waals surface area contributed by atoms with Gasteiger partial charge >= 0.3 is 0 Å².